The molecule has 15 heavy (non-hydrogen) atoms. The zero-order valence-corrected chi connectivity index (χ0v) is 11.5. The molecule has 0 saturated carbocycles. The highest BCUT2D eigenvalue weighted by molar-refractivity contribution is 9.10. The van der Waals surface area contributed by atoms with Crippen molar-refractivity contribution in [2.45, 2.75) is 17.7 Å². The molecule has 1 aromatic heterocycles. The second-order valence-electron chi connectivity index (χ2n) is 3.86. The van der Waals surface area contributed by atoms with Gasteiger partial charge in [-0.15, -0.1) is 0 Å². The molecule has 2 rings (SSSR count). The monoisotopic (exact) mass is 333 g/mol. The molecule has 0 amide bonds. The van der Waals surface area contributed by atoms with E-state index in [0.717, 1.165) is 30.5 Å². The van der Waals surface area contributed by atoms with Crippen molar-refractivity contribution in [2.75, 3.05) is 13.2 Å². The quantitative estimate of drug-likeness (QED) is 0.775. The molecule has 2 nitrogen and oxygen atoms in total. The van der Waals surface area contributed by atoms with Crippen LogP contribution in [0.1, 0.15) is 12.0 Å². The van der Waals surface area contributed by atoms with Crippen molar-refractivity contribution in [3.63, 3.8) is 0 Å². The van der Waals surface area contributed by atoms with Gasteiger partial charge in [-0.1, -0.05) is 15.9 Å². The highest BCUT2D eigenvalue weighted by Crippen LogP contribution is 2.25. The topological polar surface area (TPSA) is 22.1 Å². The lowest BCUT2D eigenvalue weighted by Gasteiger charge is -2.27. The fourth-order valence-electron chi connectivity index (χ4n) is 1.83. The second kappa shape index (κ2) is 5.41. The number of rotatable bonds is 2. The highest BCUT2D eigenvalue weighted by Gasteiger charge is 2.23. The average Bonchev–Trinajstić information content (AvgIpc) is 2.22. The Hall–Kier alpha value is 0.0700. The van der Waals surface area contributed by atoms with Gasteiger partial charge in [-0.05, 0) is 46.3 Å². The van der Waals surface area contributed by atoms with Crippen molar-refractivity contribution >= 4 is 31.9 Å². The maximum absolute atomic E-state index is 5.49. The lowest BCUT2D eigenvalue weighted by atomic mass is 9.95. The van der Waals surface area contributed by atoms with Crippen LogP contribution in [0.4, 0.5) is 0 Å². The van der Waals surface area contributed by atoms with Crippen molar-refractivity contribution < 1.29 is 4.74 Å². The fraction of sp³-hybridized carbons (Fsp3) is 0.545. The van der Waals surface area contributed by atoms with Gasteiger partial charge in [0.15, 0.2) is 0 Å². The van der Waals surface area contributed by atoms with Crippen LogP contribution in [0.25, 0.3) is 0 Å². The summed E-state index contributed by atoms with van der Waals surface area (Å²) < 4.78 is 6.54. The van der Waals surface area contributed by atoms with Crippen LogP contribution < -0.4 is 0 Å². The van der Waals surface area contributed by atoms with E-state index in [-0.39, 0.29) is 0 Å². The molecule has 1 aliphatic rings. The van der Waals surface area contributed by atoms with Crippen LogP contribution in [-0.4, -0.2) is 23.0 Å². The Kier molecular flexibility index (Phi) is 4.17. The summed E-state index contributed by atoms with van der Waals surface area (Å²) in [6, 6.07) is 2.13. The number of nitrogens with zero attached hydrogens (tertiary/aromatic N) is 1. The Morgan fingerprint density at radius 2 is 2.33 bits per heavy atom. The maximum Gasteiger partial charge on any atom is 0.0508 e. The second-order valence-corrected chi connectivity index (χ2v) is 5.95. The number of aromatic nitrogens is 1. The number of pyridine rings is 1. The van der Waals surface area contributed by atoms with E-state index in [2.05, 4.69) is 42.9 Å². The first-order valence-electron chi connectivity index (χ1n) is 5.07. The summed E-state index contributed by atoms with van der Waals surface area (Å²) in [6.45, 7) is 1.73. The van der Waals surface area contributed by atoms with Crippen LogP contribution in [-0.2, 0) is 11.2 Å². The molecule has 2 unspecified atom stereocenters. The molecule has 0 aromatic carbocycles. The van der Waals surface area contributed by atoms with Crippen molar-refractivity contribution in [2.24, 2.45) is 5.92 Å². The molecule has 4 heteroatoms. The lowest BCUT2D eigenvalue weighted by Crippen LogP contribution is -2.29. The predicted octanol–water partition coefficient (Wildman–Crippen LogP) is 3.19. The molecule has 1 aliphatic heterocycles. The summed E-state index contributed by atoms with van der Waals surface area (Å²) in [5.41, 5.74) is 1.27. The summed E-state index contributed by atoms with van der Waals surface area (Å²) >= 11 is 7.16. The van der Waals surface area contributed by atoms with Gasteiger partial charge in [0.25, 0.3) is 0 Å². The van der Waals surface area contributed by atoms with E-state index in [0.29, 0.717) is 10.7 Å². The minimum absolute atomic E-state index is 0.565. The summed E-state index contributed by atoms with van der Waals surface area (Å²) in [5, 5.41) is 0. The van der Waals surface area contributed by atoms with Gasteiger partial charge in [0.1, 0.15) is 0 Å². The van der Waals surface area contributed by atoms with Crippen molar-refractivity contribution in [1.29, 1.82) is 0 Å². The summed E-state index contributed by atoms with van der Waals surface area (Å²) in [5.74, 6) is 0.565. The molecule has 0 aliphatic carbocycles. The number of hydrogen-bond acceptors (Lipinski definition) is 2. The molecular weight excluding hydrogens is 322 g/mol. The van der Waals surface area contributed by atoms with Gasteiger partial charge in [0, 0.05) is 28.3 Å². The van der Waals surface area contributed by atoms with Gasteiger partial charge in [0.05, 0.1) is 6.61 Å². The van der Waals surface area contributed by atoms with E-state index in [4.69, 9.17) is 4.74 Å². The van der Waals surface area contributed by atoms with Gasteiger partial charge >= 0.3 is 0 Å². The van der Waals surface area contributed by atoms with Crippen molar-refractivity contribution in [1.82, 2.24) is 4.98 Å². The molecular formula is C11H13Br2NO. The largest absolute Gasteiger partial charge is 0.381 e. The van der Waals surface area contributed by atoms with E-state index < -0.39 is 0 Å². The van der Waals surface area contributed by atoms with Gasteiger partial charge in [-0.3, -0.25) is 4.98 Å². The fourth-order valence-corrected chi connectivity index (χ4v) is 2.77. The zero-order valence-electron chi connectivity index (χ0n) is 8.33. The number of ether oxygens (including phenoxy) is 1. The van der Waals surface area contributed by atoms with Crippen LogP contribution in [0.5, 0.6) is 0 Å². The normalized spacial score (nSPS) is 26.5. The lowest BCUT2D eigenvalue weighted by molar-refractivity contribution is 0.0605. The number of halogens is 2. The maximum atomic E-state index is 5.49. The van der Waals surface area contributed by atoms with Gasteiger partial charge in [-0.2, -0.15) is 0 Å². The van der Waals surface area contributed by atoms with Crippen LogP contribution >= 0.6 is 31.9 Å². The van der Waals surface area contributed by atoms with E-state index >= 15 is 0 Å². The molecule has 1 aromatic rings. The van der Waals surface area contributed by atoms with Crippen LogP contribution in [0, 0.1) is 5.92 Å². The molecule has 2 heterocycles. The smallest absolute Gasteiger partial charge is 0.0508 e. The molecule has 1 saturated heterocycles. The van der Waals surface area contributed by atoms with Gasteiger partial charge < -0.3 is 4.74 Å². The molecule has 1 fully saturated rings. The standard InChI is InChI=1S/C11H13Br2NO/c12-10-4-8(5-14-6-10)3-9-7-15-2-1-11(9)13/h4-6,9,11H,1-3,7H2. The first-order valence-corrected chi connectivity index (χ1v) is 6.78. The Morgan fingerprint density at radius 1 is 1.47 bits per heavy atom. The molecule has 0 spiro atoms. The molecule has 0 bridgehead atoms. The van der Waals surface area contributed by atoms with Gasteiger partial charge in [-0.25, -0.2) is 0 Å². The first kappa shape index (κ1) is 11.6. The third-order valence-electron chi connectivity index (χ3n) is 2.64. The Bertz CT molecular complexity index is 332. The minimum Gasteiger partial charge on any atom is -0.381 e. The van der Waals surface area contributed by atoms with Crippen molar-refractivity contribution in [3.8, 4) is 0 Å². The molecule has 2 atom stereocenters. The number of alkyl halides is 1. The van der Waals surface area contributed by atoms with Crippen molar-refractivity contribution in [3.05, 3.63) is 28.5 Å². The Balaban J connectivity index is 2.01. The summed E-state index contributed by atoms with van der Waals surface area (Å²) in [4.78, 5) is 4.75. The molecule has 0 radical (unpaired) electrons. The van der Waals surface area contributed by atoms with E-state index in [9.17, 15) is 0 Å². The molecule has 82 valence electrons. The van der Waals surface area contributed by atoms with Crippen LogP contribution in [0.3, 0.4) is 0 Å². The third kappa shape index (κ3) is 3.26. The van der Waals surface area contributed by atoms with E-state index in [1.807, 2.05) is 12.4 Å². The van der Waals surface area contributed by atoms with Crippen LogP contribution in [0.2, 0.25) is 0 Å². The Morgan fingerprint density at radius 3 is 3.07 bits per heavy atom. The van der Waals surface area contributed by atoms with E-state index in [1.165, 1.54) is 5.56 Å². The van der Waals surface area contributed by atoms with Crippen LogP contribution in [0.15, 0.2) is 22.9 Å². The van der Waals surface area contributed by atoms with E-state index in [1.54, 1.807) is 0 Å². The zero-order chi connectivity index (χ0) is 10.7. The minimum atomic E-state index is 0.565. The third-order valence-corrected chi connectivity index (χ3v) is 4.28. The molecule has 0 N–H and O–H groups in total. The first-order chi connectivity index (χ1) is 7.25. The predicted molar refractivity (Wildman–Crippen MR) is 67.3 cm³/mol. The number of hydrogen-bond donors (Lipinski definition) is 0. The highest BCUT2D eigenvalue weighted by atomic mass is 79.9. The SMILES string of the molecule is Brc1cncc(CC2COCCC2Br)c1. The summed E-state index contributed by atoms with van der Waals surface area (Å²) in [6.07, 6.45) is 5.88. The Labute approximate surface area is 107 Å². The summed E-state index contributed by atoms with van der Waals surface area (Å²) in [7, 11) is 0. The van der Waals surface area contributed by atoms with Gasteiger partial charge in [0.2, 0.25) is 0 Å². The average molecular weight is 335 g/mol.